The molecule has 132 valence electrons. The minimum atomic E-state index is -3.48. The van der Waals surface area contributed by atoms with E-state index in [2.05, 4.69) is 9.44 Å². The van der Waals surface area contributed by atoms with Gasteiger partial charge in [0.05, 0.1) is 26.4 Å². The lowest BCUT2D eigenvalue weighted by atomic mass is 10.1. The van der Waals surface area contributed by atoms with E-state index in [0.717, 1.165) is 0 Å². The van der Waals surface area contributed by atoms with Crippen molar-refractivity contribution in [2.24, 2.45) is 11.8 Å². The number of rotatable bonds is 13. The summed E-state index contributed by atoms with van der Waals surface area (Å²) in [6.07, 6.45) is 0.411. The average Bonchev–Trinajstić information content (AvgIpc) is 2.44. The fourth-order valence-corrected chi connectivity index (χ4v) is 2.37. The Morgan fingerprint density at radius 2 is 1.64 bits per heavy atom. The van der Waals surface area contributed by atoms with Crippen LogP contribution in [0, 0.1) is 11.8 Å². The highest BCUT2D eigenvalue weighted by atomic mass is 32.2. The Balaban J connectivity index is 3.85. The molecule has 0 spiro atoms. The van der Waals surface area contributed by atoms with Gasteiger partial charge in [-0.25, -0.2) is 4.72 Å². The molecular weight excluding hydrogens is 308 g/mol. The first-order valence-electron chi connectivity index (χ1n) is 7.58. The molecule has 0 aliphatic carbocycles. The fourth-order valence-electron chi connectivity index (χ4n) is 1.51. The highest BCUT2D eigenvalue weighted by molar-refractivity contribution is 7.87. The van der Waals surface area contributed by atoms with Crippen molar-refractivity contribution >= 4 is 16.0 Å². The summed E-state index contributed by atoms with van der Waals surface area (Å²) < 4.78 is 38.4. The third kappa shape index (κ3) is 10.2. The van der Waals surface area contributed by atoms with Crippen molar-refractivity contribution in [3.63, 3.8) is 0 Å². The Morgan fingerprint density at radius 1 is 1.05 bits per heavy atom. The third-order valence-electron chi connectivity index (χ3n) is 3.19. The van der Waals surface area contributed by atoms with Crippen LogP contribution in [0.2, 0.25) is 0 Å². The Bertz CT molecular complexity index is 409. The average molecular weight is 338 g/mol. The van der Waals surface area contributed by atoms with Gasteiger partial charge in [-0.05, 0) is 5.92 Å². The van der Waals surface area contributed by atoms with Gasteiger partial charge >= 0.3 is 0 Å². The highest BCUT2D eigenvalue weighted by Crippen LogP contribution is 2.03. The monoisotopic (exact) mass is 338 g/mol. The maximum absolute atomic E-state index is 11.5. The summed E-state index contributed by atoms with van der Waals surface area (Å²) in [6.45, 7) is 8.97. The van der Waals surface area contributed by atoms with Crippen molar-refractivity contribution in [3.8, 4) is 0 Å². The Kier molecular flexibility index (Phi) is 10.8. The molecule has 0 heterocycles. The van der Waals surface area contributed by atoms with Gasteiger partial charge in [-0.1, -0.05) is 27.7 Å². The lowest BCUT2D eigenvalue weighted by Crippen LogP contribution is -2.46. The lowest BCUT2D eigenvalue weighted by molar-refractivity contribution is -0.123. The number of ether oxygens (including phenoxy) is 2. The smallest absolute Gasteiger partial charge is 0.276 e. The van der Waals surface area contributed by atoms with Crippen LogP contribution in [0.1, 0.15) is 34.1 Å². The van der Waals surface area contributed by atoms with E-state index < -0.39 is 10.2 Å². The number of carbonyl (C=O) groups excluding carboxylic acids is 1. The second-order valence-electron chi connectivity index (χ2n) is 5.73. The highest BCUT2D eigenvalue weighted by Gasteiger charge is 2.19. The zero-order chi connectivity index (χ0) is 17.2. The molecule has 0 saturated carbocycles. The molecule has 1 atom stereocenters. The van der Waals surface area contributed by atoms with Crippen molar-refractivity contribution < 1.29 is 22.7 Å². The molecule has 0 amide bonds. The number of nitrogens with one attached hydrogen (secondary N) is 2. The van der Waals surface area contributed by atoms with Crippen LogP contribution in [-0.4, -0.2) is 53.7 Å². The molecule has 0 saturated heterocycles. The molecule has 0 aromatic carbocycles. The van der Waals surface area contributed by atoms with E-state index in [0.29, 0.717) is 26.2 Å². The van der Waals surface area contributed by atoms with E-state index in [4.69, 9.17) is 9.47 Å². The molecule has 0 radical (unpaired) electrons. The molecule has 8 heteroatoms. The summed E-state index contributed by atoms with van der Waals surface area (Å²) in [5.41, 5.74) is 0. The first kappa shape index (κ1) is 21.5. The topological polar surface area (TPSA) is 93.7 Å². The van der Waals surface area contributed by atoms with E-state index in [1.807, 2.05) is 27.7 Å². The Morgan fingerprint density at radius 3 is 2.14 bits per heavy atom. The summed E-state index contributed by atoms with van der Waals surface area (Å²) in [4.78, 5) is 11.4. The fraction of sp³-hybridized carbons (Fsp3) is 0.929. The summed E-state index contributed by atoms with van der Waals surface area (Å²) in [5.74, 6) is 0.321. The molecule has 0 bridgehead atoms. The van der Waals surface area contributed by atoms with Crippen LogP contribution in [-0.2, 0) is 24.5 Å². The van der Waals surface area contributed by atoms with Crippen molar-refractivity contribution in [2.75, 3.05) is 33.5 Å². The number of ketones is 1. The molecule has 22 heavy (non-hydrogen) atoms. The van der Waals surface area contributed by atoms with Crippen LogP contribution in [0.15, 0.2) is 0 Å². The zero-order valence-electron chi connectivity index (χ0n) is 14.2. The first-order valence-corrected chi connectivity index (χ1v) is 9.07. The second kappa shape index (κ2) is 11.1. The molecular formula is C14H30N2O5S. The van der Waals surface area contributed by atoms with Crippen LogP contribution >= 0.6 is 0 Å². The van der Waals surface area contributed by atoms with Gasteiger partial charge < -0.3 is 9.47 Å². The molecule has 0 fully saturated rings. The first-order chi connectivity index (χ1) is 10.2. The zero-order valence-corrected chi connectivity index (χ0v) is 15.0. The molecule has 0 aromatic rings. The summed E-state index contributed by atoms with van der Waals surface area (Å²) >= 11 is 0. The largest absolute Gasteiger partial charge is 0.379 e. The Hall–Kier alpha value is -0.540. The van der Waals surface area contributed by atoms with Crippen LogP contribution in [0.25, 0.3) is 0 Å². The van der Waals surface area contributed by atoms with Crippen molar-refractivity contribution in [3.05, 3.63) is 0 Å². The summed E-state index contributed by atoms with van der Waals surface area (Å²) in [7, 11) is -2.13. The van der Waals surface area contributed by atoms with Crippen LogP contribution in [0.3, 0.4) is 0 Å². The van der Waals surface area contributed by atoms with Crippen LogP contribution in [0.5, 0.6) is 0 Å². The van der Waals surface area contributed by atoms with E-state index in [1.165, 1.54) is 7.05 Å². The SMILES string of the molecule is CNS(=O)(=O)NC(COCCOCCC(=O)C(C)C)C(C)C. The van der Waals surface area contributed by atoms with Gasteiger partial charge in [0.25, 0.3) is 10.2 Å². The maximum Gasteiger partial charge on any atom is 0.276 e. The van der Waals surface area contributed by atoms with Gasteiger partial charge in [0, 0.05) is 25.4 Å². The molecule has 2 N–H and O–H groups in total. The van der Waals surface area contributed by atoms with Gasteiger partial charge in [0.1, 0.15) is 5.78 Å². The minimum absolute atomic E-state index is 0.0341. The van der Waals surface area contributed by atoms with Gasteiger partial charge in [-0.15, -0.1) is 0 Å². The van der Waals surface area contributed by atoms with E-state index in [1.54, 1.807) is 0 Å². The molecule has 0 aliphatic rings. The van der Waals surface area contributed by atoms with Crippen molar-refractivity contribution in [1.29, 1.82) is 0 Å². The van der Waals surface area contributed by atoms with Gasteiger partial charge in [-0.2, -0.15) is 13.1 Å². The number of hydrogen-bond donors (Lipinski definition) is 2. The van der Waals surface area contributed by atoms with Crippen molar-refractivity contribution in [1.82, 2.24) is 9.44 Å². The van der Waals surface area contributed by atoms with Crippen molar-refractivity contribution in [2.45, 2.75) is 40.2 Å². The van der Waals surface area contributed by atoms with E-state index >= 15 is 0 Å². The molecule has 0 aliphatic heterocycles. The molecule has 0 rings (SSSR count). The van der Waals surface area contributed by atoms with Crippen LogP contribution < -0.4 is 9.44 Å². The molecule has 7 nitrogen and oxygen atoms in total. The van der Waals surface area contributed by atoms with Gasteiger partial charge in [0.2, 0.25) is 0 Å². The van der Waals surface area contributed by atoms with E-state index in [-0.39, 0.29) is 30.3 Å². The molecule has 1 unspecified atom stereocenters. The van der Waals surface area contributed by atoms with Gasteiger partial charge in [-0.3, -0.25) is 4.79 Å². The maximum atomic E-state index is 11.5. The minimum Gasteiger partial charge on any atom is -0.379 e. The predicted molar refractivity (Wildman–Crippen MR) is 85.8 cm³/mol. The second-order valence-corrected chi connectivity index (χ2v) is 7.39. The summed E-state index contributed by atoms with van der Waals surface area (Å²) in [5, 5.41) is 0. The summed E-state index contributed by atoms with van der Waals surface area (Å²) in [6, 6.07) is -0.306. The lowest BCUT2D eigenvalue weighted by Gasteiger charge is -2.21. The number of hydrogen-bond acceptors (Lipinski definition) is 5. The predicted octanol–water partition coefficient (Wildman–Crippen LogP) is 0.713. The normalized spacial score (nSPS) is 13.8. The van der Waals surface area contributed by atoms with E-state index in [9.17, 15) is 13.2 Å². The quantitative estimate of drug-likeness (QED) is 0.483. The third-order valence-corrected chi connectivity index (χ3v) is 4.34. The number of carbonyl (C=O) groups is 1. The Labute approximate surface area is 134 Å². The standard InChI is InChI=1S/C14H30N2O5S/c1-11(2)13(16-22(18,19)15-5)10-21-9-8-20-7-6-14(17)12(3)4/h11-13,15-16H,6-10H2,1-5H3. The van der Waals surface area contributed by atoms with Gasteiger partial charge in [0.15, 0.2) is 0 Å². The molecule has 0 aromatic heterocycles. The number of Topliss-reactive ketones (excluding diaryl/α,β-unsaturated/α-hetero) is 1. The van der Waals surface area contributed by atoms with Crippen LogP contribution in [0.4, 0.5) is 0 Å².